The summed E-state index contributed by atoms with van der Waals surface area (Å²) in [5.41, 5.74) is 0.420. The van der Waals surface area contributed by atoms with Crippen LogP contribution >= 0.6 is 0 Å². The van der Waals surface area contributed by atoms with E-state index in [9.17, 15) is 22.4 Å². The van der Waals surface area contributed by atoms with Crippen LogP contribution in [0.1, 0.15) is 37.7 Å². The maximum Gasteiger partial charge on any atom is 0.540 e. The van der Waals surface area contributed by atoms with Crippen LogP contribution in [0.5, 0.6) is 5.75 Å². The Hall–Kier alpha value is -2.29. The summed E-state index contributed by atoms with van der Waals surface area (Å²) < 4.78 is 60.8. The number of halogens is 4. The number of fused-ring (bicyclic) bond motifs is 1. The Morgan fingerprint density at radius 2 is 2.00 bits per heavy atom. The number of nitrogens with one attached hydrogen (secondary N) is 2. The van der Waals surface area contributed by atoms with Crippen LogP contribution in [0, 0.1) is 0 Å². The maximum absolute atomic E-state index is 13.7. The molecule has 1 aliphatic heterocycles. The van der Waals surface area contributed by atoms with Gasteiger partial charge in [-0.2, -0.15) is 8.78 Å². The van der Waals surface area contributed by atoms with Gasteiger partial charge in [0, 0.05) is 12.2 Å². The lowest BCUT2D eigenvalue weighted by molar-refractivity contribution is -0.461. The fraction of sp³-hybridized carbons (Fsp3) is 0.471. The molecule has 0 atom stereocenters. The second kappa shape index (κ2) is 7.14. The van der Waals surface area contributed by atoms with Crippen molar-refractivity contribution in [2.75, 3.05) is 11.9 Å². The number of hydrogen-bond acceptors (Lipinski definition) is 3. The Morgan fingerprint density at radius 1 is 1.19 bits per heavy atom. The van der Waals surface area contributed by atoms with Crippen LogP contribution in [0.25, 0.3) is 0 Å². The monoisotopic (exact) mass is 374 g/mol. The molecule has 0 fully saturated rings. The highest BCUT2D eigenvalue weighted by Crippen LogP contribution is 2.46. The number of rotatable bonds is 4. The predicted octanol–water partition coefficient (Wildman–Crippen LogP) is 4.71. The quantitative estimate of drug-likeness (QED) is 0.593. The number of allylic oxidation sites excluding steroid dienone is 1. The second-order valence-electron chi connectivity index (χ2n) is 6.13. The lowest BCUT2D eigenvalue weighted by Crippen LogP contribution is -2.41. The summed E-state index contributed by atoms with van der Waals surface area (Å²) in [6, 6.07) is 2.39. The largest absolute Gasteiger partial charge is 0.540 e. The highest BCUT2D eigenvalue weighted by atomic mass is 19.3. The summed E-state index contributed by atoms with van der Waals surface area (Å²) >= 11 is 0. The van der Waals surface area contributed by atoms with Gasteiger partial charge in [-0.3, -0.25) is 0 Å². The van der Waals surface area contributed by atoms with Crippen molar-refractivity contribution in [1.29, 1.82) is 0 Å². The summed E-state index contributed by atoms with van der Waals surface area (Å²) in [4.78, 5) is 11.9. The maximum atomic E-state index is 13.7. The van der Waals surface area contributed by atoms with Crippen LogP contribution < -0.4 is 15.4 Å². The molecule has 1 aliphatic carbocycles. The zero-order valence-corrected chi connectivity index (χ0v) is 13.8. The highest BCUT2D eigenvalue weighted by Gasteiger charge is 2.54. The summed E-state index contributed by atoms with van der Waals surface area (Å²) in [5.74, 6) is -0.707. The van der Waals surface area contributed by atoms with Crippen molar-refractivity contribution in [2.24, 2.45) is 0 Å². The van der Waals surface area contributed by atoms with E-state index in [1.807, 2.05) is 0 Å². The molecule has 26 heavy (non-hydrogen) atoms. The Morgan fingerprint density at radius 3 is 2.73 bits per heavy atom. The number of urea groups is 1. The van der Waals surface area contributed by atoms with Gasteiger partial charge < -0.3 is 15.4 Å². The van der Waals surface area contributed by atoms with Gasteiger partial charge in [0.1, 0.15) is 5.75 Å². The molecule has 0 saturated carbocycles. The molecule has 5 nitrogen and oxygen atoms in total. The van der Waals surface area contributed by atoms with Crippen LogP contribution in [0.4, 0.5) is 28.0 Å². The Balaban J connectivity index is 1.58. The van der Waals surface area contributed by atoms with Crippen molar-refractivity contribution in [3.8, 4) is 5.75 Å². The third kappa shape index (κ3) is 4.46. The second-order valence-corrected chi connectivity index (χ2v) is 6.13. The van der Waals surface area contributed by atoms with Gasteiger partial charge >= 0.3 is 18.4 Å². The number of anilines is 1. The zero-order chi connectivity index (χ0) is 18.8. The first-order valence-corrected chi connectivity index (χ1v) is 8.27. The molecule has 0 aromatic heterocycles. The average Bonchev–Trinajstić information content (AvgIpc) is 2.55. The number of benzene rings is 1. The van der Waals surface area contributed by atoms with Gasteiger partial charge in [0.25, 0.3) is 0 Å². The fourth-order valence-corrected chi connectivity index (χ4v) is 2.92. The van der Waals surface area contributed by atoms with Crippen LogP contribution in [0.2, 0.25) is 0 Å². The molecule has 0 radical (unpaired) electrons. The van der Waals surface area contributed by atoms with Gasteiger partial charge in [-0.05, 0) is 50.3 Å². The average molecular weight is 374 g/mol. The summed E-state index contributed by atoms with van der Waals surface area (Å²) in [7, 11) is 0. The molecule has 9 heteroatoms. The summed E-state index contributed by atoms with van der Waals surface area (Å²) in [6.07, 6.45) is -1.36. The molecule has 0 saturated heterocycles. The van der Waals surface area contributed by atoms with E-state index in [1.165, 1.54) is 18.1 Å². The minimum atomic E-state index is -4.42. The molecule has 0 unspecified atom stereocenters. The van der Waals surface area contributed by atoms with Crippen molar-refractivity contribution >= 4 is 11.7 Å². The van der Waals surface area contributed by atoms with Crippen molar-refractivity contribution in [3.05, 3.63) is 35.4 Å². The number of hydrogen-bond donors (Lipinski definition) is 2. The molecule has 2 N–H and O–H groups in total. The number of amides is 2. The SMILES string of the molecule is O=C(NCCC1=CCCCC1)Nc1ccc2c(c1)C(F)(F)OC(F)(F)O2. The molecule has 1 aromatic carbocycles. The van der Waals surface area contributed by atoms with Gasteiger partial charge in [0.15, 0.2) is 0 Å². The topological polar surface area (TPSA) is 59.6 Å². The molecule has 2 aliphatic rings. The number of carbonyl (C=O) groups is 1. The van der Waals surface area contributed by atoms with Crippen molar-refractivity contribution in [2.45, 2.75) is 44.5 Å². The van der Waals surface area contributed by atoms with E-state index in [-0.39, 0.29) is 5.69 Å². The van der Waals surface area contributed by atoms with Gasteiger partial charge in [-0.25, -0.2) is 9.53 Å². The van der Waals surface area contributed by atoms with Gasteiger partial charge in [-0.1, -0.05) is 11.6 Å². The smallest absolute Gasteiger partial charge is 0.409 e. The normalized spacial score (nSPS) is 20.4. The molecule has 0 bridgehead atoms. The van der Waals surface area contributed by atoms with Crippen molar-refractivity contribution < 1.29 is 31.8 Å². The van der Waals surface area contributed by atoms with Crippen LogP contribution in [-0.4, -0.2) is 18.9 Å². The Bertz CT molecular complexity index is 722. The van der Waals surface area contributed by atoms with Crippen LogP contribution in [0.3, 0.4) is 0 Å². The zero-order valence-electron chi connectivity index (χ0n) is 13.8. The third-order valence-corrected chi connectivity index (χ3v) is 4.14. The van der Waals surface area contributed by atoms with Crippen molar-refractivity contribution in [1.82, 2.24) is 5.32 Å². The molecule has 0 spiro atoms. The highest BCUT2D eigenvalue weighted by molar-refractivity contribution is 5.89. The first-order chi connectivity index (χ1) is 12.3. The van der Waals surface area contributed by atoms with E-state index in [2.05, 4.69) is 26.2 Å². The van der Waals surface area contributed by atoms with Gasteiger partial charge in [-0.15, -0.1) is 8.78 Å². The molecular formula is C17H18F4N2O3. The van der Waals surface area contributed by atoms with E-state index in [0.29, 0.717) is 6.54 Å². The van der Waals surface area contributed by atoms with Crippen LogP contribution in [-0.2, 0) is 10.8 Å². The minimum absolute atomic E-state index is 0.00947. The fourth-order valence-electron chi connectivity index (χ4n) is 2.92. The first-order valence-electron chi connectivity index (χ1n) is 8.27. The van der Waals surface area contributed by atoms with E-state index >= 15 is 0 Å². The number of alkyl halides is 4. The standard InChI is InChI=1S/C17H18F4N2O3/c18-16(19)13-10-12(6-7-14(13)25-17(20,21)26-16)23-15(24)22-9-8-11-4-2-1-3-5-11/h4,6-7,10H,1-3,5,8-9H2,(H2,22,23,24). The first kappa shape index (κ1) is 18.5. The van der Waals surface area contributed by atoms with E-state index < -0.39 is 29.7 Å². The van der Waals surface area contributed by atoms with Crippen molar-refractivity contribution in [3.63, 3.8) is 0 Å². The Kier molecular flexibility index (Phi) is 5.08. The lowest BCUT2D eigenvalue weighted by atomic mass is 9.97. The molecule has 142 valence electrons. The van der Waals surface area contributed by atoms with Gasteiger partial charge in [0.2, 0.25) is 0 Å². The van der Waals surface area contributed by atoms with E-state index in [0.717, 1.165) is 37.8 Å². The van der Waals surface area contributed by atoms with Crippen LogP contribution in [0.15, 0.2) is 29.8 Å². The number of carbonyl (C=O) groups excluding carboxylic acids is 1. The third-order valence-electron chi connectivity index (χ3n) is 4.14. The molecular weight excluding hydrogens is 356 g/mol. The minimum Gasteiger partial charge on any atom is -0.409 e. The summed E-state index contributed by atoms with van der Waals surface area (Å²) in [6.45, 7) is 0.414. The Labute approximate surface area is 147 Å². The molecule has 1 heterocycles. The summed E-state index contributed by atoms with van der Waals surface area (Å²) in [5, 5.41) is 5.02. The number of ether oxygens (including phenoxy) is 2. The predicted molar refractivity (Wildman–Crippen MR) is 85.2 cm³/mol. The van der Waals surface area contributed by atoms with Gasteiger partial charge in [0.05, 0.1) is 5.56 Å². The lowest BCUT2D eigenvalue weighted by Gasteiger charge is -2.30. The van der Waals surface area contributed by atoms with E-state index in [1.54, 1.807) is 0 Å². The van der Waals surface area contributed by atoms with E-state index in [4.69, 9.17) is 0 Å². The molecule has 1 aromatic rings. The molecule has 2 amide bonds. The molecule has 3 rings (SSSR count).